The number of hydrogen-bond donors (Lipinski definition) is 4. The van der Waals surface area contributed by atoms with E-state index in [1.54, 1.807) is 67.1 Å². The van der Waals surface area contributed by atoms with Crippen molar-refractivity contribution in [3.8, 4) is 11.5 Å². The summed E-state index contributed by atoms with van der Waals surface area (Å²) >= 11 is 0. The van der Waals surface area contributed by atoms with Gasteiger partial charge < -0.3 is 40.3 Å². The molecule has 4 heterocycles. The van der Waals surface area contributed by atoms with Gasteiger partial charge in [0.25, 0.3) is 0 Å². The fraction of sp³-hybridized carbons (Fsp3) is 0.0952. The Hall–Kier alpha value is -7.74. The lowest BCUT2D eigenvalue weighted by atomic mass is 10.1. The van der Waals surface area contributed by atoms with Crippen molar-refractivity contribution >= 4 is 67.4 Å². The number of rotatable bonds is 12. The van der Waals surface area contributed by atoms with Crippen molar-refractivity contribution in [2.24, 2.45) is 11.5 Å². The largest absolute Gasteiger partial charge is 0.481 e. The van der Waals surface area contributed by atoms with Crippen LogP contribution in [0.4, 0.5) is 0 Å². The van der Waals surface area contributed by atoms with Crippen molar-refractivity contribution < 1.29 is 38.9 Å². The lowest BCUT2D eigenvalue weighted by Gasteiger charge is -2.08. The number of carboxylic acids is 2. The molecule has 0 radical (unpaired) electrons. The molecule has 0 spiro atoms. The number of hydrogen-bond acceptors (Lipinski definition) is 8. The van der Waals surface area contributed by atoms with E-state index in [0.717, 1.165) is 33.3 Å². The van der Waals surface area contributed by atoms with Gasteiger partial charge in [0.2, 0.25) is 11.8 Å². The van der Waals surface area contributed by atoms with Gasteiger partial charge in [0, 0.05) is 47.0 Å². The molecule has 4 aromatic heterocycles. The zero-order valence-electron chi connectivity index (χ0n) is 29.7. The molecule has 14 nitrogen and oxygen atoms in total. The minimum atomic E-state index is -1.08. The molecule has 0 aliphatic rings. The van der Waals surface area contributed by atoms with Gasteiger partial charge in [0.15, 0.2) is 13.2 Å². The number of benzene rings is 4. The number of carbonyl (C=O) groups excluding carboxylic acids is 2. The van der Waals surface area contributed by atoms with Crippen LogP contribution in [0.5, 0.6) is 11.5 Å². The quantitative estimate of drug-likeness (QED) is 0.121. The first-order chi connectivity index (χ1) is 27.1. The van der Waals surface area contributed by atoms with Gasteiger partial charge in [0.1, 0.15) is 11.5 Å². The van der Waals surface area contributed by atoms with Crippen molar-refractivity contribution in [2.45, 2.75) is 13.1 Å². The van der Waals surface area contributed by atoms with E-state index >= 15 is 0 Å². The van der Waals surface area contributed by atoms with Crippen LogP contribution in [0.1, 0.15) is 32.0 Å². The predicted octanol–water partition coefficient (Wildman–Crippen LogP) is 5.60. The maximum atomic E-state index is 12.1. The van der Waals surface area contributed by atoms with Crippen LogP contribution in [0, 0.1) is 0 Å². The summed E-state index contributed by atoms with van der Waals surface area (Å²) in [5.41, 5.74) is 17.0. The van der Waals surface area contributed by atoms with Crippen LogP contribution in [-0.4, -0.2) is 66.3 Å². The molecule has 56 heavy (non-hydrogen) atoms. The van der Waals surface area contributed by atoms with Gasteiger partial charge in [-0.2, -0.15) is 0 Å². The van der Waals surface area contributed by atoms with Gasteiger partial charge >= 0.3 is 11.9 Å². The Labute approximate surface area is 318 Å². The molecule has 0 fully saturated rings. The smallest absolute Gasteiger partial charge is 0.341 e. The number of aromatic nitrogens is 4. The first-order valence-electron chi connectivity index (χ1n) is 17.3. The first kappa shape index (κ1) is 36.6. The lowest BCUT2D eigenvalue weighted by Crippen LogP contribution is -2.11. The normalized spacial score (nSPS) is 11.0. The summed E-state index contributed by atoms with van der Waals surface area (Å²) in [6.45, 7) is 0.0434. The second-order valence-electron chi connectivity index (χ2n) is 12.6. The summed E-state index contributed by atoms with van der Waals surface area (Å²) in [5, 5.41) is 20.6. The second-order valence-corrected chi connectivity index (χ2v) is 12.6. The van der Waals surface area contributed by atoms with Crippen LogP contribution in [0.2, 0.25) is 0 Å². The maximum Gasteiger partial charge on any atom is 0.341 e. The Kier molecular flexibility index (Phi) is 10.3. The number of aliphatic carboxylic acids is 2. The Morgan fingerprint density at radius 1 is 0.554 bits per heavy atom. The van der Waals surface area contributed by atoms with Crippen molar-refractivity contribution in [2.75, 3.05) is 13.2 Å². The lowest BCUT2D eigenvalue weighted by molar-refractivity contribution is -0.140. The van der Waals surface area contributed by atoms with Crippen LogP contribution in [0.25, 0.3) is 43.6 Å². The van der Waals surface area contributed by atoms with E-state index in [4.69, 9.17) is 31.2 Å². The number of pyridine rings is 2. The zero-order chi connectivity index (χ0) is 39.3. The number of primary amides is 2. The van der Waals surface area contributed by atoms with Gasteiger partial charge in [-0.3, -0.25) is 19.6 Å². The molecule has 2 amide bonds. The van der Waals surface area contributed by atoms with Crippen LogP contribution >= 0.6 is 0 Å². The van der Waals surface area contributed by atoms with E-state index < -0.39 is 37.0 Å². The SMILES string of the molecule is NC(=O)c1cccc2c1c1c(OCC(=O)O)cccc1n2Cc1ccccn1.NC(=O)c1cccc2c1c1c(OCC(=O)O)cccc1n2Cc1cccnc1. The highest BCUT2D eigenvalue weighted by Gasteiger charge is 2.22. The highest BCUT2D eigenvalue weighted by atomic mass is 16.5. The third-order valence-electron chi connectivity index (χ3n) is 9.10. The molecule has 0 unspecified atom stereocenters. The minimum absolute atomic E-state index is 0.355. The Morgan fingerprint density at radius 2 is 1.05 bits per heavy atom. The third kappa shape index (κ3) is 7.26. The van der Waals surface area contributed by atoms with Crippen molar-refractivity contribution in [1.29, 1.82) is 0 Å². The van der Waals surface area contributed by atoms with Crippen LogP contribution in [-0.2, 0) is 22.7 Å². The van der Waals surface area contributed by atoms with Crippen molar-refractivity contribution in [1.82, 2.24) is 19.1 Å². The molecule has 280 valence electrons. The molecular weight excluding hydrogens is 716 g/mol. The molecule has 0 bridgehead atoms. The first-order valence-corrected chi connectivity index (χ1v) is 17.3. The van der Waals surface area contributed by atoms with Crippen LogP contribution in [0.3, 0.4) is 0 Å². The molecule has 0 aliphatic heterocycles. The van der Waals surface area contributed by atoms with E-state index in [0.29, 0.717) is 57.3 Å². The summed E-state index contributed by atoms with van der Waals surface area (Å²) < 4.78 is 15.1. The number of ether oxygens (including phenoxy) is 2. The number of nitrogens with zero attached hydrogens (tertiary/aromatic N) is 4. The molecule has 0 atom stereocenters. The number of carbonyl (C=O) groups is 4. The summed E-state index contributed by atoms with van der Waals surface area (Å²) in [4.78, 5) is 54.7. The summed E-state index contributed by atoms with van der Waals surface area (Å²) in [7, 11) is 0. The molecule has 0 saturated carbocycles. The van der Waals surface area contributed by atoms with Gasteiger partial charge in [-0.1, -0.05) is 36.4 Å². The van der Waals surface area contributed by atoms with Gasteiger partial charge in [-0.15, -0.1) is 0 Å². The second kappa shape index (κ2) is 15.7. The van der Waals surface area contributed by atoms with Crippen LogP contribution in [0.15, 0.2) is 122 Å². The minimum Gasteiger partial charge on any atom is -0.481 e. The fourth-order valence-electron chi connectivity index (χ4n) is 6.91. The van der Waals surface area contributed by atoms with Crippen molar-refractivity contribution in [3.05, 3.63) is 144 Å². The van der Waals surface area contributed by atoms with E-state index in [2.05, 4.69) is 9.97 Å². The van der Waals surface area contributed by atoms with E-state index in [1.807, 2.05) is 63.7 Å². The average Bonchev–Trinajstić information content (AvgIpc) is 3.70. The molecule has 0 saturated heterocycles. The van der Waals surface area contributed by atoms with E-state index in [1.165, 1.54) is 0 Å². The number of carboxylic acid groups (broad SMARTS) is 2. The van der Waals surface area contributed by atoms with E-state index in [9.17, 15) is 19.2 Å². The molecule has 0 aliphatic carbocycles. The highest BCUT2D eigenvalue weighted by molar-refractivity contribution is 6.21. The monoisotopic (exact) mass is 750 g/mol. The molecular formula is C42H34N6O8. The van der Waals surface area contributed by atoms with Gasteiger partial charge in [-0.05, 0) is 72.3 Å². The summed E-state index contributed by atoms with van der Waals surface area (Å²) in [5.74, 6) is -2.49. The number of amides is 2. The number of fused-ring (bicyclic) bond motifs is 6. The topological polar surface area (TPSA) is 215 Å². The van der Waals surface area contributed by atoms with E-state index in [-0.39, 0.29) is 0 Å². The molecule has 6 N–H and O–H groups in total. The summed E-state index contributed by atoms with van der Waals surface area (Å²) in [6.07, 6.45) is 5.21. The molecule has 8 aromatic rings. The molecule has 4 aromatic carbocycles. The van der Waals surface area contributed by atoms with Crippen molar-refractivity contribution in [3.63, 3.8) is 0 Å². The van der Waals surface area contributed by atoms with Gasteiger partial charge in [-0.25, -0.2) is 9.59 Å². The van der Waals surface area contributed by atoms with Gasteiger partial charge in [0.05, 0.1) is 45.1 Å². The summed E-state index contributed by atoms with van der Waals surface area (Å²) in [6, 6.07) is 30.9. The highest BCUT2D eigenvalue weighted by Crippen LogP contribution is 2.39. The zero-order valence-corrected chi connectivity index (χ0v) is 29.7. The Morgan fingerprint density at radius 3 is 1.50 bits per heavy atom. The molecule has 8 rings (SSSR count). The molecule has 14 heteroatoms. The Balaban J connectivity index is 0.000000172. The predicted molar refractivity (Wildman–Crippen MR) is 209 cm³/mol. The Bertz CT molecular complexity index is 2590. The number of nitrogens with two attached hydrogens (primary N) is 2. The maximum absolute atomic E-state index is 12.1. The standard InChI is InChI=1S/2C21H17N3O4/c22-21(27)14-5-1-6-15-19(14)20-16(7-2-8-17(20)28-12-18(25)26)24(15)11-13-4-3-9-23-10-13;22-21(27)14-6-3-7-15-19(14)20-16(8-4-9-17(20)28-12-18(25)26)24(15)11-13-5-1-2-10-23-13/h2*1-10H,11-12H2,(H2,22,27)(H,25,26). The average molecular weight is 751 g/mol. The third-order valence-corrected chi connectivity index (χ3v) is 9.10. The fourth-order valence-corrected chi connectivity index (χ4v) is 6.91. The van der Waals surface area contributed by atoms with Crippen LogP contribution < -0.4 is 20.9 Å².